The Hall–Kier alpha value is -0.920. The summed E-state index contributed by atoms with van der Waals surface area (Å²) < 4.78 is 26.4. The van der Waals surface area contributed by atoms with Gasteiger partial charge in [-0.2, -0.15) is 4.31 Å². The molecule has 1 aromatic carbocycles. The molecular formula is C13H18BrNO4S. The van der Waals surface area contributed by atoms with E-state index in [1.54, 1.807) is 6.92 Å². The minimum absolute atomic E-state index is 0.290. The van der Waals surface area contributed by atoms with Crippen molar-refractivity contribution >= 4 is 31.9 Å². The van der Waals surface area contributed by atoms with Crippen molar-refractivity contribution in [3.63, 3.8) is 0 Å². The summed E-state index contributed by atoms with van der Waals surface area (Å²) >= 11 is 3.40. The molecule has 0 amide bonds. The summed E-state index contributed by atoms with van der Waals surface area (Å²) in [5, 5.41) is 8.76. The number of benzene rings is 1. The number of halogens is 1. The molecular weight excluding hydrogens is 346 g/mol. The highest BCUT2D eigenvalue weighted by atomic mass is 79.9. The number of aliphatic carboxylic acids is 1. The Morgan fingerprint density at radius 1 is 1.40 bits per heavy atom. The smallest absolute Gasteiger partial charge is 0.320 e. The summed E-state index contributed by atoms with van der Waals surface area (Å²) in [6.07, 6.45) is 0.619. The SMILES string of the molecule is CCCN(C(C)c1ccccc1Br)S(=O)(=O)CC(=O)O. The Morgan fingerprint density at radius 3 is 2.50 bits per heavy atom. The van der Waals surface area contributed by atoms with Crippen LogP contribution in [-0.4, -0.2) is 36.1 Å². The lowest BCUT2D eigenvalue weighted by molar-refractivity contribution is -0.134. The summed E-state index contributed by atoms with van der Waals surface area (Å²) in [5.41, 5.74) is 0.815. The molecule has 1 atom stereocenters. The van der Waals surface area contributed by atoms with Gasteiger partial charge in [-0.15, -0.1) is 0 Å². The maximum Gasteiger partial charge on any atom is 0.320 e. The zero-order valence-corrected chi connectivity index (χ0v) is 13.8. The molecule has 112 valence electrons. The zero-order valence-electron chi connectivity index (χ0n) is 11.4. The van der Waals surface area contributed by atoms with Gasteiger partial charge in [0.2, 0.25) is 10.0 Å². The fraction of sp³-hybridized carbons (Fsp3) is 0.462. The van der Waals surface area contributed by atoms with Gasteiger partial charge < -0.3 is 5.11 Å². The zero-order chi connectivity index (χ0) is 15.3. The number of nitrogens with zero attached hydrogens (tertiary/aromatic N) is 1. The van der Waals surface area contributed by atoms with Crippen LogP contribution in [0.15, 0.2) is 28.7 Å². The van der Waals surface area contributed by atoms with Crippen LogP contribution in [0.1, 0.15) is 31.9 Å². The number of hydrogen-bond donors (Lipinski definition) is 1. The molecule has 0 spiro atoms. The standard InChI is InChI=1S/C13H18BrNO4S/c1-3-8-15(20(18,19)9-13(16)17)10(2)11-6-4-5-7-12(11)14/h4-7,10H,3,8-9H2,1-2H3,(H,16,17). The molecule has 5 nitrogen and oxygen atoms in total. The van der Waals surface area contributed by atoms with Crippen molar-refractivity contribution in [3.8, 4) is 0 Å². The maximum atomic E-state index is 12.2. The molecule has 1 rings (SSSR count). The van der Waals surface area contributed by atoms with Crippen LogP contribution in [0.25, 0.3) is 0 Å². The number of carboxylic acid groups (broad SMARTS) is 1. The van der Waals surface area contributed by atoms with E-state index in [1.165, 1.54) is 4.31 Å². The van der Waals surface area contributed by atoms with Crippen LogP contribution in [0.5, 0.6) is 0 Å². The number of carbonyl (C=O) groups is 1. The van der Waals surface area contributed by atoms with Crippen LogP contribution in [-0.2, 0) is 14.8 Å². The predicted molar refractivity (Wildman–Crippen MR) is 81.0 cm³/mol. The van der Waals surface area contributed by atoms with Crippen molar-refractivity contribution < 1.29 is 18.3 Å². The lowest BCUT2D eigenvalue weighted by atomic mass is 10.1. The lowest BCUT2D eigenvalue weighted by Gasteiger charge is -2.28. The second kappa shape index (κ2) is 7.19. The van der Waals surface area contributed by atoms with Crippen molar-refractivity contribution in [1.82, 2.24) is 4.31 Å². The number of rotatable bonds is 7. The molecule has 0 aliphatic heterocycles. The Labute approximate surface area is 127 Å². The summed E-state index contributed by atoms with van der Waals surface area (Å²) in [7, 11) is -3.83. The summed E-state index contributed by atoms with van der Waals surface area (Å²) in [6, 6.07) is 6.91. The van der Waals surface area contributed by atoms with Gasteiger partial charge in [-0.3, -0.25) is 4.79 Å². The van der Waals surface area contributed by atoms with E-state index in [2.05, 4.69) is 15.9 Å². The molecule has 0 fully saturated rings. The van der Waals surface area contributed by atoms with Gasteiger partial charge in [-0.05, 0) is 25.0 Å². The Bertz CT molecular complexity index is 573. The fourth-order valence-electron chi connectivity index (χ4n) is 2.00. The minimum atomic E-state index is -3.83. The van der Waals surface area contributed by atoms with Gasteiger partial charge in [-0.25, -0.2) is 8.42 Å². The van der Waals surface area contributed by atoms with E-state index in [0.29, 0.717) is 6.42 Å². The van der Waals surface area contributed by atoms with Gasteiger partial charge >= 0.3 is 5.97 Å². The van der Waals surface area contributed by atoms with Crippen molar-refractivity contribution in [2.45, 2.75) is 26.3 Å². The van der Waals surface area contributed by atoms with Gasteiger partial charge in [0.15, 0.2) is 5.75 Å². The molecule has 0 saturated heterocycles. The quantitative estimate of drug-likeness (QED) is 0.807. The third kappa shape index (κ3) is 4.29. The van der Waals surface area contributed by atoms with E-state index in [-0.39, 0.29) is 6.54 Å². The largest absolute Gasteiger partial charge is 0.480 e. The monoisotopic (exact) mass is 363 g/mol. The molecule has 7 heteroatoms. The molecule has 0 heterocycles. The summed E-state index contributed by atoms with van der Waals surface area (Å²) in [5.74, 6) is -2.23. The van der Waals surface area contributed by atoms with E-state index in [0.717, 1.165) is 10.0 Å². The molecule has 0 aromatic heterocycles. The van der Waals surface area contributed by atoms with E-state index in [1.807, 2.05) is 31.2 Å². The molecule has 0 bridgehead atoms. The van der Waals surface area contributed by atoms with E-state index >= 15 is 0 Å². The molecule has 0 saturated carbocycles. The van der Waals surface area contributed by atoms with Gasteiger partial charge in [0.05, 0.1) is 0 Å². The third-order valence-electron chi connectivity index (χ3n) is 2.89. The first-order chi connectivity index (χ1) is 9.29. The highest BCUT2D eigenvalue weighted by Gasteiger charge is 2.30. The lowest BCUT2D eigenvalue weighted by Crippen LogP contribution is -2.38. The van der Waals surface area contributed by atoms with Gasteiger partial charge in [-0.1, -0.05) is 41.1 Å². The predicted octanol–water partition coefficient (Wildman–Crippen LogP) is 2.64. The van der Waals surface area contributed by atoms with Crippen LogP contribution in [0.2, 0.25) is 0 Å². The minimum Gasteiger partial charge on any atom is -0.480 e. The van der Waals surface area contributed by atoms with Crippen LogP contribution < -0.4 is 0 Å². The van der Waals surface area contributed by atoms with Crippen molar-refractivity contribution in [2.24, 2.45) is 0 Å². The van der Waals surface area contributed by atoms with Crippen LogP contribution >= 0.6 is 15.9 Å². The molecule has 1 aromatic rings. The van der Waals surface area contributed by atoms with Crippen LogP contribution in [0.4, 0.5) is 0 Å². The highest BCUT2D eigenvalue weighted by molar-refractivity contribution is 9.10. The third-order valence-corrected chi connectivity index (χ3v) is 5.44. The fourth-order valence-corrected chi connectivity index (χ4v) is 4.15. The Morgan fingerprint density at radius 2 is 2.00 bits per heavy atom. The molecule has 0 radical (unpaired) electrons. The first-order valence-corrected chi connectivity index (χ1v) is 8.65. The average Bonchev–Trinajstić information content (AvgIpc) is 2.34. The van der Waals surface area contributed by atoms with Crippen molar-refractivity contribution in [3.05, 3.63) is 34.3 Å². The highest BCUT2D eigenvalue weighted by Crippen LogP contribution is 2.29. The molecule has 1 unspecified atom stereocenters. The topological polar surface area (TPSA) is 74.7 Å². The van der Waals surface area contributed by atoms with E-state index < -0.39 is 27.8 Å². The average molecular weight is 364 g/mol. The summed E-state index contributed by atoms with van der Waals surface area (Å²) in [4.78, 5) is 10.7. The molecule has 0 aliphatic carbocycles. The van der Waals surface area contributed by atoms with Gasteiger partial charge in [0.1, 0.15) is 0 Å². The number of sulfonamides is 1. The first kappa shape index (κ1) is 17.1. The number of carboxylic acids is 1. The first-order valence-electron chi connectivity index (χ1n) is 6.25. The second-order valence-corrected chi connectivity index (χ2v) is 7.23. The van der Waals surface area contributed by atoms with Crippen LogP contribution in [0, 0.1) is 0 Å². The van der Waals surface area contributed by atoms with Crippen LogP contribution in [0.3, 0.4) is 0 Å². The Kier molecular flexibility index (Phi) is 6.16. The number of hydrogen-bond acceptors (Lipinski definition) is 3. The molecule has 20 heavy (non-hydrogen) atoms. The van der Waals surface area contributed by atoms with Gasteiger partial charge in [0, 0.05) is 17.1 Å². The van der Waals surface area contributed by atoms with Crippen molar-refractivity contribution in [2.75, 3.05) is 12.3 Å². The summed E-state index contributed by atoms with van der Waals surface area (Å²) in [6.45, 7) is 3.91. The normalized spacial score (nSPS) is 13.4. The van der Waals surface area contributed by atoms with Crippen molar-refractivity contribution in [1.29, 1.82) is 0 Å². The molecule has 1 N–H and O–H groups in total. The second-order valence-electron chi connectivity index (χ2n) is 4.46. The maximum absolute atomic E-state index is 12.2. The molecule has 0 aliphatic rings. The van der Waals surface area contributed by atoms with Gasteiger partial charge in [0.25, 0.3) is 0 Å². The van der Waals surface area contributed by atoms with E-state index in [9.17, 15) is 13.2 Å². The Balaban J connectivity index is 3.14. The van der Waals surface area contributed by atoms with E-state index in [4.69, 9.17) is 5.11 Å².